The van der Waals surface area contributed by atoms with Crippen LogP contribution in [0.4, 0.5) is 0 Å². The molecule has 0 aliphatic carbocycles. The van der Waals surface area contributed by atoms with Crippen LogP contribution in [0.15, 0.2) is 0 Å². The average molecular weight is 190 g/mol. The van der Waals surface area contributed by atoms with Gasteiger partial charge in [0.1, 0.15) is 0 Å². The lowest BCUT2D eigenvalue weighted by atomic mass is 10.2. The van der Waals surface area contributed by atoms with E-state index in [2.05, 4.69) is 13.8 Å². The summed E-state index contributed by atoms with van der Waals surface area (Å²) in [5.41, 5.74) is 0. The van der Waals surface area contributed by atoms with E-state index in [1.54, 1.807) is 0 Å². The van der Waals surface area contributed by atoms with Crippen LogP contribution < -0.4 is 0 Å². The van der Waals surface area contributed by atoms with Crippen LogP contribution in [0.5, 0.6) is 0 Å². The van der Waals surface area contributed by atoms with Gasteiger partial charge in [0.15, 0.2) is 6.10 Å². The Kier molecular flexibility index (Phi) is 6.54. The van der Waals surface area contributed by atoms with E-state index in [4.69, 9.17) is 14.6 Å². The van der Waals surface area contributed by atoms with E-state index in [0.717, 1.165) is 0 Å². The van der Waals surface area contributed by atoms with Crippen LogP contribution in [0.25, 0.3) is 0 Å². The Morgan fingerprint density at radius 2 is 1.92 bits per heavy atom. The lowest BCUT2D eigenvalue weighted by Crippen LogP contribution is -2.22. The normalized spacial score (nSPS) is 13.2. The topological polar surface area (TPSA) is 55.8 Å². The highest BCUT2D eigenvalue weighted by Crippen LogP contribution is 1.94. The van der Waals surface area contributed by atoms with Gasteiger partial charge in [-0.25, -0.2) is 4.79 Å². The fourth-order valence-corrected chi connectivity index (χ4v) is 0.674. The molecule has 0 radical (unpaired) electrons. The highest BCUT2D eigenvalue weighted by atomic mass is 16.5. The van der Waals surface area contributed by atoms with Gasteiger partial charge in [-0.05, 0) is 12.8 Å². The first kappa shape index (κ1) is 12.4. The number of hydrogen-bond acceptors (Lipinski definition) is 3. The molecule has 0 bridgehead atoms. The van der Waals surface area contributed by atoms with Gasteiger partial charge in [0, 0.05) is 6.61 Å². The van der Waals surface area contributed by atoms with Gasteiger partial charge in [-0.15, -0.1) is 0 Å². The average Bonchev–Trinajstić information content (AvgIpc) is 2.02. The van der Waals surface area contributed by atoms with Gasteiger partial charge >= 0.3 is 5.97 Å². The van der Waals surface area contributed by atoms with E-state index >= 15 is 0 Å². The van der Waals surface area contributed by atoms with E-state index in [1.165, 1.54) is 6.92 Å². The number of aliphatic carboxylic acids is 1. The first-order valence-corrected chi connectivity index (χ1v) is 4.46. The molecule has 0 heterocycles. The molecular formula is C9H18O4. The van der Waals surface area contributed by atoms with Crippen molar-refractivity contribution in [3.05, 3.63) is 0 Å². The zero-order valence-corrected chi connectivity index (χ0v) is 8.45. The maximum atomic E-state index is 10.3. The van der Waals surface area contributed by atoms with Gasteiger partial charge < -0.3 is 14.6 Å². The molecule has 4 heteroatoms. The van der Waals surface area contributed by atoms with E-state index in [0.29, 0.717) is 25.7 Å². The predicted octanol–water partition coefficient (Wildman–Crippen LogP) is 1.15. The summed E-state index contributed by atoms with van der Waals surface area (Å²) in [4.78, 5) is 10.3. The van der Waals surface area contributed by atoms with Gasteiger partial charge in [-0.3, -0.25) is 0 Å². The number of carboxylic acids is 1. The van der Waals surface area contributed by atoms with Crippen molar-refractivity contribution in [2.45, 2.75) is 26.9 Å². The van der Waals surface area contributed by atoms with Crippen LogP contribution in [0.1, 0.15) is 20.8 Å². The molecule has 0 aliphatic rings. The van der Waals surface area contributed by atoms with E-state index in [1.807, 2.05) is 0 Å². The molecular weight excluding hydrogens is 172 g/mol. The van der Waals surface area contributed by atoms with Gasteiger partial charge in [0.2, 0.25) is 0 Å². The lowest BCUT2D eigenvalue weighted by Gasteiger charge is -2.09. The van der Waals surface area contributed by atoms with Gasteiger partial charge in [0.25, 0.3) is 0 Å². The lowest BCUT2D eigenvalue weighted by molar-refractivity contribution is -0.150. The van der Waals surface area contributed by atoms with Crippen molar-refractivity contribution in [1.82, 2.24) is 0 Å². The maximum Gasteiger partial charge on any atom is 0.332 e. The Balaban J connectivity index is 3.21. The first-order valence-electron chi connectivity index (χ1n) is 4.46. The molecule has 0 aromatic carbocycles. The number of carbonyl (C=O) groups is 1. The van der Waals surface area contributed by atoms with Gasteiger partial charge in [-0.2, -0.15) is 0 Å². The summed E-state index contributed by atoms with van der Waals surface area (Å²) in [6.45, 7) is 7.09. The van der Waals surface area contributed by atoms with E-state index < -0.39 is 12.1 Å². The quantitative estimate of drug-likeness (QED) is 0.612. The molecule has 0 saturated heterocycles. The smallest absolute Gasteiger partial charge is 0.332 e. The minimum Gasteiger partial charge on any atom is -0.479 e. The number of rotatable bonds is 7. The monoisotopic (exact) mass is 190 g/mol. The van der Waals surface area contributed by atoms with Crippen LogP contribution in [0, 0.1) is 5.92 Å². The molecule has 1 unspecified atom stereocenters. The first-order chi connectivity index (χ1) is 6.04. The summed E-state index contributed by atoms with van der Waals surface area (Å²) in [6.07, 6.45) is -0.748. The molecule has 0 saturated carbocycles. The summed E-state index contributed by atoms with van der Waals surface area (Å²) in [6, 6.07) is 0. The molecule has 0 fully saturated rings. The minimum absolute atomic E-state index is 0.334. The highest BCUT2D eigenvalue weighted by Gasteiger charge is 2.09. The zero-order chi connectivity index (χ0) is 10.3. The van der Waals surface area contributed by atoms with Crippen LogP contribution >= 0.6 is 0 Å². The fraction of sp³-hybridized carbons (Fsp3) is 0.889. The molecule has 0 spiro atoms. The summed E-state index contributed by atoms with van der Waals surface area (Å²) in [5.74, 6) is -0.444. The molecule has 0 amide bonds. The van der Waals surface area contributed by atoms with E-state index in [9.17, 15) is 4.79 Å². The van der Waals surface area contributed by atoms with Crippen LogP contribution in [-0.4, -0.2) is 37.0 Å². The second kappa shape index (κ2) is 6.86. The number of hydrogen-bond donors (Lipinski definition) is 1. The summed E-state index contributed by atoms with van der Waals surface area (Å²) in [7, 11) is 0. The van der Waals surface area contributed by atoms with Crippen molar-refractivity contribution in [3.63, 3.8) is 0 Å². The molecule has 0 aliphatic heterocycles. The molecule has 1 N–H and O–H groups in total. The van der Waals surface area contributed by atoms with Crippen molar-refractivity contribution in [1.29, 1.82) is 0 Å². The SMILES string of the molecule is CC(C)COCCOC(C)C(=O)O. The largest absolute Gasteiger partial charge is 0.479 e. The standard InChI is InChI=1S/C9H18O4/c1-7(2)6-12-4-5-13-8(3)9(10)11/h7-8H,4-6H2,1-3H3,(H,10,11). The van der Waals surface area contributed by atoms with Crippen molar-refractivity contribution in [2.24, 2.45) is 5.92 Å². The second-order valence-electron chi connectivity index (χ2n) is 3.32. The Labute approximate surface area is 78.8 Å². The number of ether oxygens (including phenoxy) is 2. The van der Waals surface area contributed by atoms with Crippen LogP contribution in [-0.2, 0) is 14.3 Å². The third-order valence-corrected chi connectivity index (χ3v) is 1.39. The summed E-state index contributed by atoms with van der Waals surface area (Å²) < 4.78 is 10.2. The van der Waals surface area contributed by atoms with Crippen molar-refractivity contribution in [3.8, 4) is 0 Å². The van der Waals surface area contributed by atoms with E-state index in [-0.39, 0.29) is 0 Å². The molecule has 13 heavy (non-hydrogen) atoms. The molecule has 78 valence electrons. The Morgan fingerprint density at radius 1 is 1.31 bits per heavy atom. The molecule has 0 aromatic heterocycles. The molecule has 1 atom stereocenters. The van der Waals surface area contributed by atoms with Gasteiger partial charge in [-0.1, -0.05) is 13.8 Å². The summed E-state index contributed by atoms with van der Waals surface area (Å²) in [5, 5.41) is 8.46. The minimum atomic E-state index is -0.941. The second-order valence-corrected chi connectivity index (χ2v) is 3.32. The number of carboxylic acid groups (broad SMARTS) is 1. The highest BCUT2D eigenvalue weighted by molar-refractivity contribution is 5.71. The van der Waals surface area contributed by atoms with Crippen molar-refractivity contribution < 1.29 is 19.4 Å². The third kappa shape index (κ3) is 7.74. The maximum absolute atomic E-state index is 10.3. The summed E-state index contributed by atoms with van der Waals surface area (Å²) >= 11 is 0. The van der Waals surface area contributed by atoms with Crippen LogP contribution in [0.3, 0.4) is 0 Å². The fourth-order valence-electron chi connectivity index (χ4n) is 0.674. The predicted molar refractivity (Wildman–Crippen MR) is 48.7 cm³/mol. The molecule has 4 nitrogen and oxygen atoms in total. The van der Waals surface area contributed by atoms with Crippen LogP contribution in [0.2, 0.25) is 0 Å². The Hall–Kier alpha value is -0.610. The Bertz CT molecular complexity index is 145. The zero-order valence-electron chi connectivity index (χ0n) is 8.45. The molecule has 0 rings (SSSR count). The third-order valence-electron chi connectivity index (χ3n) is 1.39. The molecule has 0 aromatic rings. The Morgan fingerprint density at radius 3 is 2.38 bits per heavy atom. The van der Waals surface area contributed by atoms with Gasteiger partial charge in [0.05, 0.1) is 13.2 Å². The van der Waals surface area contributed by atoms with Crippen molar-refractivity contribution >= 4 is 5.97 Å². The van der Waals surface area contributed by atoms with Crippen molar-refractivity contribution in [2.75, 3.05) is 19.8 Å².